The third-order valence-electron chi connectivity index (χ3n) is 5.11. The van der Waals surface area contributed by atoms with Gasteiger partial charge < -0.3 is 9.57 Å². The van der Waals surface area contributed by atoms with Crippen molar-refractivity contribution in [2.24, 2.45) is 0 Å². The predicted molar refractivity (Wildman–Crippen MR) is 126 cm³/mol. The molecule has 2 aliphatic heterocycles. The Labute approximate surface area is 198 Å². The zero-order valence-electron chi connectivity index (χ0n) is 18.7. The molecule has 4 heterocycles. The number of carbonyl (C=O) groups excluding carboxylic acids is 3. The maximum atomic E-state index is 12.2. The number of anilines is 1. The van der Waals surface area contributed by atoms with E-state index in [1.165, 1.54) is 5.06 Å². The van der Waals surface area contributed by atoms with Crippen LogP contribution in [0.2, 0.25) is 0 Å². The van der Waals surface area contributed by atoms with Gasteiger partial charge in [0.15, 0.2) is 5.65 Å². The molecule has 0 aliphatic carbocycles. The van der Waals surface area contributed by atoms with Gasteiger partial charge in [0.2, 0.25) is 0 Å². The molecule has 1 aromatic carbocycles. The number of benzene rings is 1. The molecular weight excluding hydrogens is 458 g/mol. The number of pyridine rings is 1. The van der Waals surface area contributed by atoms with Crippen LogP contribution in [0.1, 0.15) is 32.0 Å². The van der Waals surface area contributed by atoms with Gasteiger partial charge in [0.25, 0.3) is 11.1 Å². The van der Waals surface area contributed by atoms with Crippen LogP contribution in [0.4, 0.5) is 15.3 Å². The van der Waals surface area contributed by atoms with E-state index < -0.39 is 22.9 Å². The van der Waals surface area contributed by atoms with Crippen molar-refractivity contribution in [1.29, 1.82) is 0 Å². The Hall–Kier alpha value is -3.86. The molecule has 2 aliphatic rings. The van der Waals surface area contributed by atoms with E-state index in [9.17, 15) is 14.4 Å². The highest BCUT2D eigenvalue weighted by Gasteiger charge is 2.27. The largest absolute Gasteiger partial charge is 0.533 e. The van der Waals surface area contributed by atoms with Gasteiger partial charge in [-0.1, -0.05) is 6.07 Å². The van der Waals surface area contributed by atoms with Crippen molar-refractivity contribution in [2.45, 2.75) is 32.8 Å². The summed E-state index contributed by atoms with van der Waals surface area (Å²) >= 11 is 0.840. The number of thioether (sulfide) groups is 1. The lowest BCUT2D eigenvalue weighted by Crippen LogP contribution is -2.31. The van der Waals surface area contributed by atoms with Gasteiger partial charge in [-0.25, -0.2) is 19.8 Å². The van der Waals surface area contributed by atoms with Gasteiger partial charge in [-0.05, 0) is 74.9 Å². The topological polar surface area (TPSA) is 116 Å². The van der Waals surface area contributed by atoms with Crippen molar-refractivity contribution in [3.8, 4) is 5.69 Å². The summed E-state index contributed by atoms with van der Waals surface area (Å²) in [6, 6.07) is 9.37. The highest BCUT2D eigenvalue weighted by molar-refractivity contribution is 8.18. The summed E-state index contributed by atoms with van der Waals surface area (Å²) in [7, 11) is 0. The van der Waals surface area contributed by atoms with Gasteiger partial charge in [-0.15, -0.1) is 0 Å². The quantitative estimate of drug-likeness (QED) is 0.440. The number of hydrogen-bond donors (Lipinski definition) is 1. The Bertz CT molecular complexity index is 1370. The van der Waals surface area contributed by atoms with E-state index in [0.717, 1.165) is 35.1 Å². The van der Waals surface area contributed by atoms with E-state index in [2.05, 4.69) is 15.3 Å². The molecule has 11 heteroatoms. The minimum atomic E-state index is -0.759. The summed E-state index contributed by atoms with van der Waals surface area (Å²) < 4.78 is 7.09. The molecule has 0 saturated carbocycles. The van der Waals surface area contributed by atoms with Crippen LogP contribution in [0.25, 0.3) is 22.9 Å². The van der Waals surface area contributed by atoms with Crippen LogP contribution >= 0.6 is 11.8 Å². The van der Waals surface area contributed by atoms with Crippen molar-refractivity contribution in [1.82, 2.24) is 19.9 Å². The van der Waals surface area contributed by atoms with Crippen molar-refractivity contribution < 1.29 is 24.0 Å². The minimum Gasteiger partial charge on any atom is -0.427 e. The summed E-state index contributed by atoms with van der Waals surface area (Å²) in [6.45, 7) is 5.86. The molecule has 0 bridgehead atoms. The lowest BCUT2D eigenvalue weighted by molar-refractivity contribution is -0.115. The first-order valence-electron chi connectivity index (χ1n) is 10.6. The number of fused-ring (bicyclic) bond motifs is 2. The van der Waals surface area contributed by atoms with Crippen LogP contribution < -0.4 is 10.4 Å². The lowest BCUT2D eigenvalue weighted by atomic mass is 10.1. The van der Waals surface area contributed by atoms with E-state index in [1.54, 1.807) is 45.3 Å². The van der Waals surface area contributed by atoms with Crippen molar-refractivity contribution >= 4 is 52.0 Å². The Kier molecular flexibility index (Phi) is 5.28. The van der Waals surface area contributed by atoms with Crippen LogP contribution in [0.15, 0.2) is 41.6 Å². The fourth-order valence-electron chi connectivity index (χ4n) is 3.67. The number of hydrogen-bond acceptors (Lipinski definition) is 9. The maximum Gasteiger partial charge on any atom is 0.533 e. The smallest absolute Gasteiger partial charge is 0.427 e. The SMILES string of the molecule is CC(C)(C)OC(=O)ON1CCc2ccc(-n3cnc4ccc(C=C5SC(=O)NC5=O)nc43)cc21. The first kappa shape index (κ1) is 22.0. The average molecular weight is 480 g/mol. The number of amides is 2. The molecule has 0 unspecified atom stereocenters. The van der Waals surface area contributed by atoms with Gasteiger partial charge in [0.05, 0.1) is 28.5 Å². The zero-order valence-corrected chi connectivity index (χ0v) is 19.5. The molecule has 2 amide bonds. The molecule has 0 spiro atoms. The average Bonchev–Trinajstić information content (AvgIpc) is 3.43. The van der Waals surface area contributed by atoms with Crippen molar-refractivity contribution in [2.75, 3.05) is 11.6 Å². The molecule has 10 nitrogen and oxygen atoms in total. The van der Waals surface area contributed by atoms with Crippen LogP contribution in [0, 0.1) is 0 Å². The monoisotopic (exact) mass is 479 g/mol. The molecule has 0 radical (unpaired) electrons. The van der Waals surface area contributed by atoms with Crippen molar-refractivity contribution in [3.05, 3.63) is 52.8 Å². The standard InChI is InChI=1S/C23H21N5O5S/c1-23(2,3)32-22(31)33-28-9-8-13-4-6-15(11-17(13)28)27-12-24-16-7-5-14(25-19(16)27)10-18-20(29)26-21(30)34-18/h4-7,10-12H,8-9H2,1-3H3,(H,26,29,30). The second-order valence-corrected chi connectivity index (χ2v) is 9.78. The van der Waals surface area contributed by atoms with Crippen LogP contribution in [-0.2, 0) is 20.8 Å². The van der Waals surface area contributed by atoms with Gasteiger partial charge in [0.1, 0.15) is 17.4 Å². The van der Waals surface area contributed by atoms with Crippen molar-refractivity contribution in [3.63, 3.8) is 0 Å². The van der Waals surface area contributed by atoms with Gasteiger partial charge in [-0.2, -0.15) is 0 Å². The number of nitrogens with zero attached hydrogens (tertiary/aromatic N) is 4. The minimum absolute atomic E-state index is 0.287. The molecule has 5 rings (SSSR count). The Balaban J connectivity index is 1.45. The van der Waals surface area contributed by atoms with Crippen LogP contribution in [0.5, 0.6) is 0 Å². The summed E-state index contributed by atoms with van der Waals surface area (Å²) in [5.74, 6) is -0.436. The fourth-order valence-corrected chi connectivity index (χ4v) is 4.34. The molecule has 3 aromatic rings. The van der Waals surface area contributed by atoms with E-state index in [0.29, 0.717) is 23.4 Å². The number of hydroxylamine groups is 1. The van der Waals surface area contributed by atoms with E-state index >= 15 is 0 Å². The summed E-state index contributed by atoms with van der Waals surface area (Å²) in [5, 5.41) is 3.36. The molecular formula is C23H21N5O5S. The van der Waals surface area contributed by atoms with Crippen LogP contribution in [-0.4, -0.2) is 44.0 Å². The Morgan fingerprint density at radius 1 is 1.21 bits per heavy atom. The number of carbonyl (C=O) groups is 3. The molecule has 1 saturated heterocycles. The highest BCUT2D eigenvalue weighted by atomic mass is 32.2. The van der Waals surface area contributed by atoms with Gasteiger partial charge in [0, 0.05) is 0 Å². The molecule has 174 valence electrons. The Morgan fingerprint density at radius 3 is 2.76 bits per heavy atom. The number of ether oxygens (including phenoxy) is 1. The number of imidazole rings is 1. The fraction of sp³-hybridized carbons (Fsp3) is 0.261. The molecule has 2 aromatic heterocycles. The van der Waals surface area contributed by atoms with E-state index in [1.807, 2.05) is 22.8 Å². The molecule has 34 heavy (non-hydrogen) atoms. The van der Waals surface area contributed by atoms with Gasteiger partial charge in [-0.3, -0.25) is 19.5 Å². The zero-order chi connectivity index (χ0) is 24.0. The third-order valence-corrected chi connectivity index (χ3v) is 5.92. The first-order valence-corrected chi connectivity index (χ1v) is 11.4. The first-order chi connectivity index (χ1) is 16.2. The highest BCUT2D eigenvalue weighted by Crippen LogP contribution is 2.32. The number of rotatable bonds is 3. The predicted octanol–water partition coefficient (Wildman–Crippen LogP) is 3.97. The number of imide groups is 1. The van der Waals surface area contributed by atoms with E-state index in [-0.39, 0.29) is 4.91 Å². The van der Waals surface area contributed by atoms with Gasteiger partial charge >= 0.3 is 6.16 Å². The molecule has 1 fully saturated rings. The Morgan fingerprint density at radius 2 is 2.03 bits per heavy atom. The third kappa shape index (κ3) is 4.34. The van der Waals surface area contributed by atoms with Crippen LogP contribution in [0.3, 0.4) is 0 Å². The number of aromatic nitrogens is 3. The second-order valence-electron chi connectivity index (χ2n) is 8.77. The van der Waals surface area contributed by atoms with E-state index in [4.69, 9.17) is 9.57 Å². The summed E-state index contributed by atoms with van der Waals surface area (Å²) in [4.78, 5) is 50.3. The summed E-state index contributed by atoms with van der Waals surface area (Å²) in [6.07, 6.45) is 3.20. The number of nitrogens with one attached hydrogen (secondary N) is 1. The lowest BCUT2D eigenvalue weighted by Gasteiger charge is -2.23. The molecule has 0 atom stereocenters. The maximum absolute atomic E-state index is 12.2. The summed E-state index contributed by atoms with van der Waals surface area (Å²) in [5.41, 5.74) is 3.72. The molecule has 1 N–H and O–H groups in total. The second kappa shape index (κ2) is 8.17. The normalized spacial score (nSPS) is 16.8.